The van der Waals surface area contributed by atoms with Crippen LogP contribution in [0.5, 0.6) is 0 Å². The van der Waals surface area contributed by atoms with E-state index in [2.05, 4.69) is 34.8 Å². The van der Waals surface area contributed by atoms with Gasteiger partial charge in [-0.15, -0.1) is 0 Å². The smallest absolute Gasteiger partial charge is 0.255 e. The van der Waals surface area contributed by atoms with Gasteiger partial charge in [-0.1, -0.05) is 37.0 Å². The van der Waals surface area contributed by atoms with Crippen LogP contribution in [0.15, 0.2) is 42.7 Å². The van der Waals surface area contributed by atoms with E-state index in [1.165, 1.54) is 0 Å². The molecule has 2 aromatic heterocycles. The lowest BCUT2D eigenvalue weighted by Gasteiger charge is -2.45. The summed E-state index contributed by atoms with van der Waals surface area (Å²) in [6, 6.07) is 9.01. The number of hydrogen-bond donors (Lipinski definition) is 1. The molecule has 0 atom stereocenters. The number of imidazole rings is 1. The molecular formula is C23H23Cl2N5O. The lowest BCUT2D eigenvalue weighted by molar-refractivity contribution is 0.0676. The number of amides is 1. The van der Waals surface area contributed by atoms with Crippen molar-refractivity contribution in [3.8, 4) is 5.82 Å². The third-order valence-corrected chi connectivity index (χ3v) is 6.78. The van der Waals surface area contributed by atoms with Crippen molar-refractivity contribution in [3.63, 3.8) is 0 Å². The number of nitrogens with one attached hydrogen (secondary N) is 1. The molecule has 2 aliphatic rings. The lowest BCUT2D eigenvalue weighted by Crippen LogP contribution is -2.51. The van der Waals surface area contributed by atoms with Crippen LogP contribution in [-0.2, 0) is 5.54 Å². The second kappa shape index (κ2) is 7.53. The number of carbonyl (C=O) groups is 1. The number of anilines is 1. The van der Waals surface area contributed by atoms with Gasteiger partial charge in [0.25, 0.3) is 5.91 Å². The highest BCUT2D eigenvalue weighted by Crippen LogP contribution is 2.44. The topological polar surface area (TPSA) is 63.1 Å². The first-order valence-electron chi connectivity index (χ1n) is 10.5. The number of benzene rings is 1. The van der Waals surface area contributed by atoms with Crippen LogP contribution in [0.4, 0.5) is 5.69 Å². The van der Waals surface area contributed by atoms with Crippen LogP contribution in [-0.4, -0.2) is 38.4 Å². The number of nitrogens with zero attached hydrogens (tertiary/aromatic N) is 4. The van der Waals surface area contributed by atoms with E-state index in [-0.39, 0.29) is 17.4 Å². The summed E-state index contributed by atoms with van der Waals surface area (Å²) in [6.07, 6.45) is 5.31. The monoisotopic (exact) mass is 455 g/mol. The third kappa shape index (κ3) is 3.29. The Bertz CT molecular complexity index is 1160. The van der Waals surface area contributed by atoms with Gasteiger partial charge in [-0.05, 0) is 43.2 Å². The highest BCUT2D eigenvalue weighted by Gasteiger charge is 2.44. The first-order chi connectivity index (χ1) is 14.9. The minimum atomic E-state index is -0.295. The Morgan fingerprint density at radius 3 is 2.65 bits per heavy atom. The fourth-order valence-corrected chi connectivity index (χ4v) is 5.12. The van der Waals surface area contributed by atoms with Gasteiger partial charge in [-0.3, -0.25) is 9.36 Å². The van der Waals surface area contributed by atoms with Crippen LogP contribution >= 0.6 is 23.2 Å². The first-order valence-corrected chi connectivity index (χ1v) is 11.2. The highest BCUT2D eigenvalue weighted by molar-refractivity contribution is 6.36. The molecule has 3 aromatic rings. The van der Waals surface area contributed by atoms with Crippen LogP contribution in [0, 0.1) is 0 Å². The second-order valence-electron chi connectivity index (χ2n) is 8.49. The molecule has 0 aliphatic carbocycles. The Morgan fingerprint density at radius 1 is 1.16 bits per heavy atom. The van der Waals surface area contributed by atoms with Crippen LogP contribution < -0.4 is 5.32 Å². The number of piperidine rings is 1. The Labute approximate surface area is 191 Å². The molecule has 1 N–H and O–H groups in total. The molecule has 1 aromatic carbocycles. The summed E-state index contributed by atoms with van der Waals surface area (Å²) in [6.45, 7) is 5.51. The van der Waals surface area contributed by atoms with E-state index >= 15 is 0 Å². The number of fused-ring (bicyclic) bond motifs is 4. The predicted octanol–water partition coefficient (Wildman–Crippen LogP) is 5.25. The maximum atomic E-state index is 13.1. The van der Waals surface area contributed by atoms with Gasteiger partial charge in [0.05, 0.1) is 33.7 Å². The number of aromatic nitrogens is 3. The lowest BCUT2D eigenvalue weighted by atomic mass is 9.82. The highest BCUT2D eigenvalue weighted by atomic mass is 35.5. The third-order valence-electron chi connectivity index (χ3n) is 6.23. The van der Waals surface area contributed by atoms with Gasteiger partial charge in [-0.25, -0.2) is 9.97 Å². The minimum Gasteiger partial charge on any atom is -0.371 e. The van der Waals surface area contributed by atoms with Crippen LogP contribution in [0.1, 0.15) is 54.5 Å². The van der Waals surface area contributed by atoms with Gasteiger partial charge < -0.3 is 10.2 Å². The Morgan fingerprint density at radius 2 is 1.94 bits per heavy atom. The van der Waals surface area contributed by atoms with Crippen LogP contribution in [0.2, 0.25) is 10.0 Å². The summed E-state index contributed by atoms with van der Waals surface area (Å²) in [5.74, 6) is 2.09. The van der Waals surface area contributed by atoms with E-state index in [0.717, 1.165) is 35.9 Å². The van der Waals surface area contributed by atoms with E-state index in [4.69, 9.17) is 28.2 Å². The summed E-state index contributed by atoms with van der Waals surface area (Å²) < 4.78 is 2.20. The molecule has 31 heavy (non-hydrogen) atoms. The van der Waals surface area contributed by atoms with Gasteiger partial charge in [0.15, 0.2) is 5.82 Å². The average molecular weight is 456 g/mol. The van der Waals surface area contributed by atoms with Crippen molar-refractivity contribution in [1.29, 1.82) is 0 Å². The molecule has 4 heterocycles. The number of pyridine rings is 1. The molecule has 0 unspecified atom stereocenters. The number of halogens is 2. The largest absolute Gasteiger partial charge is 0.371 e. The van der Waals surface area contributed by atoms with E-state index < -0.39 is 0 Å². The zero-order valence-corrected chi connectivity index (χ0v) is 18.9. The average Bonchev–Trinajstić information content (AvgIpc) is 3.21. The number of likely N-dealkylation sites (tertiary alicyclic amines) is 1. The molecule has 160 valence electrons. The Kier molecular flexibility index (Phi) is 4.94. The van der Waals surface area contributed by atoms with Gasteiger partial charge in [0.2, 0.25) is 0 Å². The minimum absolute atomic E-state index is 0.0641. The Hall–Kier alpha value is -2.57. The van der Waals surface area contributed by atoms with Crippen molar-refractivity contribution in [2.45, 2.75) is 38.1 Å². The molecule has 2 aliphatic heterocycles. The predicted molar refractivity (Wildman–Crippen MR) is 122 cm³/mol. The van der Waals surface area contributed by atoms with Crippen molar-refractivity contribution in [2.75, 3.05) is 18.4 Å². The molecule has 0 saturated carbocycles. The van der Waals surface area contributed by atoms with Crippen LogP contribution in [0.25, 0.3) is 5.82 Å². The van der Waals surface area contributed by atoms with Crippen molar-refractivity contribution in [2.24, 2.45) is 0 Å². The standard InChI is InChI=1S/C23H23Cl2N5O/c1-14(2)20-27-13-19-23(28-18-4-3-9-26-21(18)30(19)20)7-10-29(11-8-23)22(31)16-6-5-15(24)12-17(16)25/h3-6,9,12-14,28H,7-8,10-11H2,1-2H3. The van der Waals surface area contributed by atoms with Crippen molar-refractivity contribution in [1.82, 2.24) is 19.4 Å². The SMILES string of the molecule is CC(C)c1ncc2n1-c1ncccc1NC21CCN(C(=O)c2ccc(Cl)cc2Cl)CC1. The van der Waals surface area contributed by atoms with Gasteiger partial charge in [0.1, 0.15) is 5.82 Å². The van der Waals surface area contributed by atoms with Crippen molar-refractivity contribution in [3.05, 3.63) is 69.9 Å². The quantitative estimate of drug-likeness (QED) is 0.572. The zero-order chi connectivity index (χ0) is 21.8. The fourth-order valence-electron chi connectivity index (χ4n) is 4.63. The molecule has 8 heteroatoms. The fraction of sp³-hybridized carbons (Fsp3) is 0.348. The summed E-state index contributed by atoms with van der Waals surface area (Å²) in [5.41, 5.74) is 2.30. The van der Waals surface area contributed by atoms with E-state index in [9.17, 15) is 4.79 Å². The molecule has 6 nitrogen and oxygen atoms in total. The summed E-state index contributed by atoms with van der Waals surface area (Å²) >= 11 is 12.3. The zero-order valence-electron chi connectivity index (χ0n) is 17.4. The maximum absolute atomic E-state index is 13.1. The second-order valence-corrected chi connectivity index (χ2v) is 9.33. The van der Waals surface area contributed by atoms with E-state index in [0.29, 0.717) is 28.7 Å². The number of rotatable bonds is 2. The van der Waals surface area contributed by atoms with Crippen LogP contribution in [0.3, 0.4) is 0 Å². The van der Waals surface area contributed by atoms with Crippen molar-refractivity contribution >= 4 is 34.8 Å². The molecular weight excluding hydrogens is 433 g/mol. The molecule has 1 amide bonds. The first kappa shape index (κ1) is 20.3. The molecule has 0 radical (unpaired) electrons. The molecule has 5 rings (SSSR count). The summed E-state index contributed by atoms with van der Waals surface area (Å²) in [4.78, 5) is 24.3. The number of carbonyl (C=O) groups excluding carboxylic acids is 1. The molecule has 0 bridgehead atoms. The molecule has 1 spiro atoms. The molecule has 1 fully saturated rings. The Balaban J connectivity index is 1.46. The van der Waals surface area contributed by atoms with E-state index in [1.54, 1.807) is 18.2 Å². The normalized spacial score (nSPS) is 16.7. The molecule has 1 saturated heterocycles. The van der Waals surface area contributed by atoms with E-state index in [1.807, 2.05) is 23.4 Å². The maximum Gasteiger partial charge on any atom is 0.255 e. The number of hydrogen-bond acceptors (Lipinski definition) is 4. The summed E-state index contributed by atoms with van der Waals surface area (Å²) in [5, 5.41) is 4.64. The summed E-state index contributed by atoms with van der Waals surface area (Å²) in [7, 11) is 0. The van der Waals surface area contributed by atoms with Gasteiger partial charge >= 0.3 is 0 Å². The van der Waals surface area contributed by atoms with Gasteiger partial charge in [0, 0.05) is 30.2 Å². The van der Waals surface area contributed by atoms with Gasteiger partial charge in [-0.2, -0.15) is 0 Å². The van der Waals surface area contributed by atoms with Crippen molar-refractivity contribution < 1.29 is 4.79 Å².